The van der Waals surface area contributed by atoms with Crippen LogP contribution >= 0.6 is 0 Å². The highest BCUT2D eigenvalue weighted by molar-refractivity contribution is 6.07. The summed E-state index contributed by atoms with van der Waals surface area (Å²) in [5.41, 5.74) is 0.841. The smallest absolute Gasteiger partial charge is 0.336 e. The Morgan fingerprint density at radius 1 is 1.25 bits per heavy atom. The summed E-state index contributed by atoms with van der Waals surface area (Å²) in [7, 11) is 1.54. The van der Waals surface area contributed by atoms with Gasteiger partial charge >= 0.3 is 5.97 Å². The largest absolute Gasteiger partial charge is 0.499 e. The average Bonchev–Trinajstić information content (AvgIpc) is 3.29. The number of benzene rings is 1. The normalized spacial score (nSPS) is 14.8. The van der Waals surface area contributed by atoms with Gasteiger partial charge in [0.25, 0.3) is 0 Å². The predicted molar refractivity (Wildman–Crippen MR) is 99.9 cm³/mol. The summed E-state index contributed by atoms with van der Waals surface area (Å²) in [5, 5.41) is 9.25. The van der Waals surface area contributed by atoms with Gasteiger partial charge in [-0.25, -0.2) is 9.18 Å². The molecule has 0 fully saturated rings. The number of nitrogens with zero attached hydrogens (tertiary/aromatic N) is 1. The van der Waals surface area contributed by atoms with E-state index in [1.165, 1.54) is 12.1 Å². The topological polar surface area (TPSA) is 80.0 Å². The number of carboxylic acid groups (broad SMARTS) is 1. The Bertz CT molecular complexity index is 944. The van der Waals surface area contributed by atoms with E-state index in [1.807, 2.05) is 0 Å². The van der Waals surface area contributed by atoms with Crippen LogP contribution in [0.2, 0.25) is 0 Å². The van der Waals surface area contributed by atoms with Crippen LogP contribution < -0.4 is 0 Å². The maximum atomic E-state index is 13.3. The number of hydrogen-bond acceptors (Lipinski definition) is 5. The number of carbonyl (C=O) groups is 2. The highest BCUT2D eigenvalue weighted by atomic mass is 19.1. The lowest BCUT2D eigenvalue weighted by Gasteiger charge is -2.19. The number of halogens is 1. The van der Waals surface area contributed by atoms with E-state index >= 15 is 0 Å². The first-order valence-corrected chi connectivity index (χ1v) is 8.95. The van der Waals surface area contributed by atoms with E-state index in [2.05, 4.69) is 18.7 Å². The van der Waals surface area contributed by atoms with Gasteiger partial charge in [0, 0.05) is 19.0 Å². The fraction of sp³-hybridized carbons (Fsp3) is 0.333. The van der Waals surface area contributed by atoms with E-state index < -0.39 is 11.8 Å². The van der Waals surface area contributed by atoms with Crippen LogP contribution in [0.15, 0.2) is 46.1 Å². The molecular weight excluding hydrogens is 365 g/mol. The molecule has 7 heteroatoms. The number of aromatic carboxylic acids is 1. The Morgan fingerprint density at radius 2 is 2.00 bits per heavy atom. The van der Waals surface area contributed by atoms with Crippen molar-refractivity contribution in [1.82, 2.24) is 4.90 Å². The minimum absolute atomic E-state index is 0.128. The van der Waals surface area contributed by atoms with Gasteiger partial charge in [-0.2, -0.15) is 0 Å². The molecule has 0 unspecified atom stereocenters. The lowest BCUT2D eigenvalue weighted by atomic mass is 10.0. The third-order valence-corrected chi connectivity index (χ3v) is 4.85. The van der Waals surface area contributed by atoms with E-state index in [-0.39, 0.29) is 29.6 Å². The first kappa shape index (κ1) is 19.8. The van der Waals surface area contributed by atoms with Gasteiger partial charge < -0.3 is 14.3 Å². The quantitative estimate of drug-likeness (QED) is 0.733. The van der Waals surface area contributed by atoms with Crippen molar-refractivity contribution in [2.75, 3.05) is 20.2 Å². The predicted octanol–water partition coefficient (Wildman–Crippen LogP) is 3.51. The van der Waals surface area contributed by atoms with E-state index in [9.17, 15) is 19.1 Å². The number of carboxylic acids is 1. The monoisotopic (exact) mass is 387 g/mol. The van der Waals surface area contributed by atoms with Gasteiger partial charge in [-0.3, -0.25) is 9.69 Å². The van der Waals surface area contributed by atoms with Gasteiger partial charge in [0.15, 0.2) is 5.76 Å². The zero-order chi connectivity index (χ0) is 20.4. The van der Waals surface area contributed by atoms with Gasteiger partial charge in [0.1, 0.15) is 17.3 Å². The molecule has 0 radical (unpaired) electrons. The summed E-state index contributed by atoms with van der Waals surface area (Å²) < 4.78 is 24.4. The Kier molecular flexibility index (Phi) is 5.65. The van der Waals surface area contributed by atoms with Crippen molar-refractivity contribution in [3.8, 4) is 0 Å². The molecule has 148 valence electrons. The second-order valence-electron chi connectivity index (χ2n) is 6.98. The summed E-state index contributed by atoms with van der Waals surface area (Å²) in [6.07, 6.45) is 0.142. The number of ether oxygens (including phenoxy) is 1. The maximum Gasteiger partial charge on any atom is 0.336 e. The molecule has 1 aliphatic rings. The molecule has 1 aromatic carbocycles. The Morgan fingerprint density at radius 3 is 2.64 bits per heavy atom. The van der Waals surface area contributed by atoms with Gasteiger partial charge in [0.2, 0.25) is 5.78 Å². The first-order valence-electron chi connectivity index (χ1n) is 8.95. The SMILES string of the molecule is COC1=C(C(=O)c2ccc(Cc3ccc(F)cc3C(=O)O)o2)CN(C(C)C)C1. The van der Waals surface area contributed by atoms with Gasteiger partial charge in [-0.15, -0.1) is 0 Å². The van der Waals surface area contributed by atoms with Crippen LogP contribution in [0, 0.1) is 5.82 Å². The van der Waals surface area contributed by atoms with Crippen molar-refractivity contribution in [1.29, 1.82) is 0 Å². The number of ketones is 1. The Labute approximate surface area is 162 Å². The molecule has 2 heterocycles. The van der Waals surface area contributed by atoms with Crippen LogP contribution in [-0.4, -0.2) is 48.0 Å². The number of methoxy groups -OCH3 is 1. The highest BCUT2D eigenvalue weighted by Crippen LogP contribution is 2.25. The zero-order valence-electron chi connectivity index (χ0n) is 16.0. The lowest BCUT2D eigenvalue weighted by Crippen LogP contribution is -2.29. The standard InChI is InChI=1S/C21H22FNO5/c1-12(2)23-10-17(19(11-23)27-3)20(24)18-7-6-15(28-18)8-13-4-5-14(22)9-16(13)21(25)26/h4-7,9,12H,8,10-11H2,1-3H3,(H,25,26). The molecule has 0 atom stereocenters. The fourth-order valence-corrected chi connectivity index (χ4v) is 3.21. The van der Waals surface area contributed by atoms with Gasteiger partial charge in [-0.05, 0) is 43.7 Å². The maximum absolute atomic E-state index is 13.3. The van der Waals surface area contributed by atoms with Crippen LogP contribution in [-0.2, 0) is 11.2 Å². The molecule has 2 aromatic rings. The number of furan rings is 1. The summed E-state index contributed by atoms with van der Waals surface area (Å²) in [5.74, 6) is -0.856. The zero-order valence-corrected chi connectivity index (χ0v) is 16.0. The third kappa shape index (κ3) is 3.99. The summed E-state index contributed by atoms with van der Waals surface area (Å²) in [4.78, 5) is 26.3. The molecule has 1 aliphatic heterocycles. The van der Waals surface area contributed by atoms with Crippen molar-refractivity contribution in [3.63, 3.8) is 0 Å². The highest BCUT2D eigenvalue weighted by Gasteiger charge is 2.31. The summed E-state index contributed by atoms with van der Waals surface area (Å²) >= 11 is 0. The molecule has 3 rings (SSSR count). The molecule has 0 amide bonds. The Hall–Kier alpha value is -2.93. The second-order valence-corrected chi connectivity index (χ2v) is 6.98. The van der Waals surface area contributed by atoms with Crippen LogP contribution in [0.5, 0.6) is 0 Å². The fourth-order valence-electron chi connectivity index (χ4n) is 3.21. The van der Waals surface area contributed by atoms with Crippen LogP contribution in [0.25, 0.3) is 0 Å². The molecule has 1 N–H and O–H groups in total. The van der Waals surface area contributed by atoms with Crippen molar-refractivity contribution in [2.45, 2.75) is 26.3 Å². The number of carbonyl (C=O) groups excluding carboxylic acids is 1. The molecule has 0 saturated heterocycles. The van der Waals surface area contributed by atoms with Crippen LogP contribution in [0.4, 0.5) is 4.39 Å². The van der Waals surface area contributed by atoms with Crippen molar-refractivity contribution in [3.05, 3.63) is 70.1 Å². The van der Waals surface area contributed by atoms with Crippen LogP contribution in [0.1, 0.15) is 46.1 Å². The summed E-state index contributed by atoms with van der Waals surface area (Å²) in [6, 6.07) is 7.05. The molecule has 0 bridgehead atoms. The summed E-state index contributed by atoms with van der Waals surface area (Å²) in [6.45, 7) is 5.15. The van der Waals surface area contributed by atoms with Crippen molar-refractivity contribution >= 4 is 11.8 Å². The third-order valence-electron chi connectivity index (χ3n) is 4.85. The van der Waals surface area contributed by atoms with E-state index in [4.69, 9.17) is 9.15 Å². The molecule has 6 nitrogen and oxygen atoms in total. The average molecular weight is 387 g/mol. The molecular formula is C21H22FNO5. The van der Waals surface area contributed by atoms with E-state index in [0.717, 1.165) is 6.07 Å². The van der Waals surface area contributed by atoms with E-state index in [0.29, 0.717) is 35.7 Å². The molecule has 0 aliphatic carbocycles. The number of Topliss-reactive ketones (excluding diaryl/α,β-unsaturated/α-hetero) is 1. The molecule has 1 aromatic heterocycles. The van der Waals surface area contributed by atoms with Gasteiger partial charge in [0.05, 0.1) is 24.8 Å². The van der Waals surface area contributed by atoms with Crippen LogP contribution in [0.3, 0.4) is 0 Å². The molecule has 0 spiro atoms. The van der Waals surface area contributed by atoms with Gasteiger partial charge in [-0.1, -0.05) is 6.07 Å². The number of hydrogen-bond donors (Lipinski definition) is 1. The van der Waals surface area contributed by atoms with Crippen molar-refractivity contribution in [2.24, 2.45) is 0 Å². The van der Waals surface area contributed by atoms with E-state index in [1.54, 1.807) is 19.2 Å². The molecule has 28 heavy (non-hydrogen) atoms. The van der Waals surface area contributed by atoms with Crippen molar-refractivity contribution < 1.29 is 28.2 Å². The first-order chi connectivity index (χ1) is 13.3. The Balaban J connectivity index is 1.81. The minimum Gasteiger partial charge on any atom is -0.499 e. The second kappa shape index (κ2) is 7.98. The molecule has 0 saturated carbocycles. The minimum atomic E-state index is -1.22. The number of rotatable bonds is 7. The lowest BCUT2D eigenvalue weighted by molar-refractivity contribution is 0.0695.